The number of aromatic nitrogens is 2. The smallest absolute Gasteiger partial charge is 0.253 e. The van der Waals surface area contributed by atoms with Crippen molar-refractivity contribution >= 4 is 16.8 Å². The van der Waals surface area contributed by atoms with E-state index in [4.69, 9.17) is 4.74 Å². The minimum Gasteiger partial charge on any atom is -0.478 e. The van der Waals surface area contributed by atoms with Crippen LogP contribution in [-0.4, -0.2) is 22.5 Å². The molecule has 0 saturated carbocycles. The molecule has 1 amide bonds. The Bertz CT molecular complexity index is 922. The Morgan fingerprint density at radius 1 is 1.20 bits per heavy atom. The van der Waals surface area contributed by atoms with Gasteiger partial charge in [0.2, 0.25) is 5.88 Å². The summed E-state index contributed by atoms with van der Waals surface area (Å²) in [5.41, 5.74) is 4.18. The molecule has 25 heavy (non-hydrogen) atoms. The topological polar surface area (TPSA) is 64.1 Å². The van der Waals surface area contributed by atoms with Gasteiger partial charge in [-0.25, -0.2) is 4.98 Å². The van der Waals surface area contributed by atoms with Crippen LogP contribution in [0.3, 0.4) is 0 Å². The summed E-state index contributed by atoms with van der Waals surface area (Å²) in [7, 11) is 0. The Balaban J connectivity index is 1.82. The van der Waals surface area contributed by atoms with Crippen LogP contribution in [0.4, 0.5) is 0 Å². The number of hydrogen-bond acceptors (Lipinski definition) is 4. The molecule has 3 aromatic rings. The largest absolute Gasteiger partial charge is 0.478 e. The molecule has 0 aliphatic heterocycles. The number of rotatable bonds is 5. The second kappa shape index (κ2) is 7.30. The van der Waals surface area contributed by atoms with Crippen LogP contribution < -0.4 is 10.1 Å². The lowest BCUT2D eigenvalue weighted by atomic mass is 10.1. The van der Waals surface area contributed by atoms with Gasteiger partial charge in [0.05, 0.1) is 23.4 Å². The van der Waals surface area contributed by atoms with Crippen molar-refractivity contribution in [1.82, 2.24) is 15.3 Å². The number of carbonyl (C=O) groups excluding carboxylic acids is 1. The summed E-state index contributed by atoms with van der Waals surface area (Å²) in [6, 6.07) is 11.7. The lowest BCUT2D eigenvalue weighted by molar-refractivity contribution is 0.0949. The Kier molecular flexibility index (Phi) is 4.93. The first-order valence-corrected chi connectivity index (χ1v) is 8.31. The van der Waals surface area contributed by atoms with Crippen LogP contribution >= 0.6 is 0 Å². The SMILES string of the molecule is CCOc1ncccc1CNC(=O)c1cc2cc(C)ccc2nc1C. The van der Waals surface area contributed by atoms with Crippen molar-refractivity contribution in [2.24, 2.45) is 0 Å². The molecule has 0 radical (unpaired) electrons. The van der Waals surface area contributed by atoms with Crippen LogP contribution in [0.2, 0.25) is 0 Å². The maximum atomic E-state index is 12.6. The van der Waals surface area contributed by atoms with E-state index in [0.717, 1.165) is 22.0 Å². The van der Waals surface area contributed by atoms with Crippen molar-refractivity contribution in [2.45, 2.75) is 27.3 Å². The van der Waals surface area contributed by atoms with Gasteiger partial charge in [0.1, 0.15) is 0 Å². The van der Waals surface area contributed by atoms with E-state index in [1.54, 1.807) is 6.20 Å². The number of benzene rings is 1. The molecule has 0 atom stereocenters. The molecular weight excluding hydrogens is 314 g/mol. The molecule has 0 spiro atoms. The highest BCUT2D eigenvalue weighted by molar-refractivity contribution is 5.98. The second-order valence-electron chi connectivity index (χ2n) is 5.90. The fourth-order valence-corrected chi connectivity index (χ4v) is 2.72. The average molecular weight is 335 g/mol. The van der Waals surface area contributed by atoms with E-state index in [1.165, 1.54) is 0 Å². The molecule has 0 aliphatic carbocycles. The molecule has 128 valence electrons. The molecule has 0 bridgehead atoms. The molecule has 2 aromatic heterocycles. The number of nitrogens with one attached hydrogen (secondary N) is 1. The highest BCUT2D eigenvalue weighted by Gasteiger charge is 2.13. The third-order valence-corrected chi connectivity index (χ3v) is 3.98. The minimum absolute atomic E-state index is 0.153. The van der Waals surface area contributed by atoms with E-state index in [9.17, 15) is 4.79 Å². The Hall–Kier alpha value is -2.95. The zero-order valence-electron chi connectivity index (χ0n) is 14.7. The Morgan fingerprint density at radius 3 is 2.84 bits per heavy atom. The fraction of sp³-hybridized carbons (Fsp3) is 0.250. The minimum atomic E-state index is -0.153. The predicted octanol–water partition coefficient (Wildman–Crippen LogP) is 3.58. The molecule has 5 nitrogen and oxygen atoms in total. The first kappa shape index (κ1) is 16.9. The van der Waals surface area contributed by atoms with Crippen molar-refractivity contribution in [3.8, 4) is 5.88 Å². The van der Waals surface area contributed by atoms with Crippen LogP contribution in [0.5, 0.6) is 5.88 Å². The predicted molar refractivity (Wildman–Crippen MR) is 97.8 cm³/mol. The number of aryl methyl sites for hydroxylation is 2. The fourth-order valence-electron chi connectivity index (χ4n) is 2.72. The van der Waals surface area contributed by atoms with Crippen LogP contribution in [0.25, 0.3) is 10.9 Å². The highest BCUT2D eigenvalue weighted by atomic mass is 16.5. The quantitative estimate of drug-likeness (QED) is 0.774. The molecule has 0 aliphatic rings. The van der Waals surface area contributed by atoms with Gasteiger partial charge in [-0.1, -0.05) is 17.7 Å². The summed E-state index contributed by atoms with van der Waals surface area (Å²) < 4.78 is 5.49. The van der Waals surface area contributed by atoms with E-state index in [-0.39, 0.29) is 5.91 Å². The summed E-state index contributed by atoms with van der Waals surface area (Å²) in [6.45, 7) is 6.67. The third kappa shape index (κ3) is 3.76. The molecule has 0 saturated heterocycles. The van der Waals surface area contributed by atoms with Gasteiger partial charge in [-0.2, -0.15) is 0 Å². The lowest BCUT2D eigenvalue weighted by Gasteiger charge is -2.11. The maximum absolute atomic E-state index is 12.6. The molecule has 0 unspecified atom stereocenters. The molecule has 0 fully saturated rings. The number of pyridine rings is 2. The highest BCUT2D eigenvalue weighted by Crippen LogP contribution is 2.19. The number of ether oxygens (including phenoxy) is 1. The Morgan fingerprint density at radius 2 is 2.04 bits per heavy atom. The molecule has 1 aromatic carbocycles. The third-order valence-electron chi connectivity index (χ3n) is 3.98. The van der Waals surface area contributed by atoms with Crippen molar-refractivity contribution in [2.75, 3.05) is 6.61 Å². The van der Waals surface area contributed by atoms with E-state index >= 15 is 0 Å². The van der Waals surface area contributed by atoms with Gasteiger partial charge in [0.15, 0.2) is 0 Å². The monoisotopic (exact) mass is 335 g/mol. The number of hydrogen-bond donors (Lipinski definition) is 1. The summed E-state index contributed by atoms with van der Waals surface area (Å²) in [6.07, 6.45) is 1.68. The lowest BCUT2D eigenvalue weighted by Crippen LogP contribution is -2.24. The van der Waals surface area contributed by atoms with Gasteiger partial charge < -0.3 is 10.1 Å². The maximum Gasteiger partial charge on any atom is 0.253 e. The van der Waals surface area contributed by atoms with Crippen LogP contribution in [-0.2, 0) is 6.54 Å². The van der Waals surface area contributed by atoms with E-state index in [2.05, 4.69) is 15.3 Å². The van der Waals surface area contributed by atoms with Crippen LogP contribution in [0.15, 0.2) is 42.6 Å². The second-order valence-corrected chi connectivity index (χ2v) is 5.90. The van der Waals surface area contributed by atoms with Gasteiger partial charge in [-0.05, 0) is 45.0 Å². The van der Waals surface area contributed by atoms with Gasteiger partial charge in [0, 0.05) is 23.7 Å². The molecular formula is C20H21N3O2. The van der Waals surface area contributed by atoms with Crippen molar-refractivity contribution < 1.29 is 9.53 Å². The van der Waals surface area contributed by atoms with E-state index < -0.39 is 0 Å². The molecule has 5 heteroatoms. The zero-order valence-corrected chi connectivity index (χ0v) is 14.7. The van der Waals surface area contributed by atoms with Gasteiger partial charge in [-0.3, -0.25) is 9.78 Å². The molecule has 2 heterocycles. The molecule has 1 N–H and O–H groups in total. The van der Waals surface area contributed by atoms with Gasteiger partial charge in [-0.15, -0.1) is 0 Å². The number of carbonyl (C=O) groups is 1. The van der Waals surface area contributed by atoms with Crippen LogP contribution in [0.1, 0.15) is 34.1 Å². The average Bonchev–Trinajstić information content (AvgIpc) is 2.61. The first-order valence-electron chi connectivity index (χ1n) is 8.31. The standard InChI is InChI=1S/C20H21N3O2/c1-4-25-20-15(6-5-9-21-20)12-22-19(24)17-11-16-10-13(2)7-8-18(16)23-14(17)3/h5-11H,4,12H2,1-3H3,(H,22,24). The van der Waals surface area contributed by atoms with Crippen molar-refractivity contribution in [1.29, 1.82) is 0 Å². The Labute approximate surface area is 147 Å². The van der Waals surface area contributed by atoms with Crippen LogP contribution in [0, 0.1) is 13.8 Å². The number of fused-ring (bicyclic) bond motifs is 1. The van der Waals surface area contributed by atoms with Gasteiger partial charge in [0.25, 0.3) is 5.91 Å². The van der Waals surface area contributed by atoms with Crippen molar-refractivity contribution in [3.63, 3.8) is 0 Å². The summed E-state index contributed by atoms with van der Waals surface area (Å²) in [4.78, 5) is 21.4. The summed E-state index contributed by atoms with van der Waals surface area (Å²) in [5.74, 6) is 0.397. The number of nitrogens with zero attached hydrogens (tertiary/aromatic N) is 2. The van der Waals surface area contributed by atoms with Crippen molar-refractivity contribution in [3.05, 3.63) is 65.0 Å². The van der Waals surface area contributed by atoms with E-state index in [1.807, 2.05) is 57.2 Å². The zero-order chi connectivity index (χ0) is 17.8. The van der Waals surface area contributed by atoms with E-state index in [0.29, 0.717) is 30.3 Å². The first-order chi connectivity index (χ1) is 12.1. The number of amides is 1. The summed E-state index contributed by atoms with van der Waals surface area (Å²) in [5, 5.41) is 3.90. The van der Waals surface area contributed by atoms with Gasteiger partial charge >= 0.3 is 0 Å². The molecule has 3 rings (SSSR count). The summed E-state index contributed by atoms with van der Waals surface area (Å²) >= 11 is 0. The normalized spacial score (nSPS) is 10.7.